The van der Waals surface area contributed by atoms with Gasteiger partial charge in [-0.3, -0.25) is 9.20 Å². The summed E-state index contributed by atoms with van der Waals surface area (Å²) in [6.07, 6.45) is 3.54. The van der Waals surface area contributed by atoms with Crippen molar-refractivity contribution in [2.24, 2.45) is 0 Å². The summed E-state index contributed by atoms with van der Waals surface area (Å²) in [6, 6.07) is 1.56. The average Bonchev–Trinajstić information content (AvgIpc) is 3.06. The lowest BCUT2D eigenvalue weighted by molar-refractivity contribution is 0.703. The van der Waals surface area contributed by atoms with Crippen LogP contribution in [0.2, 0.25) is 0 Å². The average molecular weight is 319 g/mol. The first kappa shape index (κ1) is 14.0. The fraction of sp³-hybridized carbons (Fsp3) is 0.231. The van der Waals surface area contributed by atoms with Crippen molar-refractivity contribution in [3.8, 4) is 0 Å². The lowest BCUT2D eigenvalue weighted by Crippen LogP contribution is -2.12. The van der Waals surface area contributed by atoms with E-state index < -0.39 is 0 Å². The number of aryl methyl sites for hydroxylation is 1. The minimum Gasteiger partial charge on any atom is -0.302 e. The van der Waals surface area contributed by atoms with Crippen LogP contribution in [0.4, 0.5) is 0 Å². The quantitative estimate of drug-likeness (QED) is 0.532. The van der Waals surface area contributed by atoms with E-state index in [0.29, 0.717) is 17.3 Å². The topological polar surface area (TPSA) is 65.1 Å². The number of rotatable bonds is 5. The van der Waals surface area contributed by atoms with Gasteiger partial charge < -0.3 is 4.57 Å². The zero-order valence-electron chi connectivity index (χ0n) is 11.4. The first-order chi connectivity index (χ1) is 10.2. The summed E-state index contributed by atoms with van der Waals surface area (Å²) in [6.45, 7) is 6.31. The van der Waals surface area contributed by atoms with Crippen molar-refractivity contribution in [2.75, 3.05) is 0 Å². The number of thiazole rings is 1. The Balaban J connectivity index is 1.83. The molecule has 0 aliphatic heterocycles. The van der Waals surface area contributed by atoms with Crippen LogP contribution in [0.3, 0.4) is 0 Å². The highest BCUT2D eigenvalue weighted by Crippen LogP contribution is 2.21. The molecule has 0 aliphatic carbocycles. The number of hydrogen-bond acceptors (Lipinski definition) is 6. The number of fused-ring (bicyclic) bond motifs is 1. The van der Waals surface area contributed by atoms with Crippen molar-refractivity contribution >= 4 is 28.1 Å². The highest BCUT2D eigenvalue weighted by atomic mass is 32.2. The molecule has 0 saturated carbocycles. The molecule has 3 rings (SSSR count). The Morgan fingerprint density at radius 1 is 1.48 bits per heavy atom. The van der Waals surface area contributed by atoms with E-state index >= 15 is 0 Å². The van der Waals surface area contributed by atoms with Gasteiger partial charge >= 0.3 is 0 Å². The van der Waals surface area contributed by atoms with E-state index in [9.17, 15) is 4.79 Å². The van der Waals surface area contributed by atoms with Gasteiger partial charge in [0.05, 0.1) is 5.69 Å². The van der Waals surface area contributed by atoms with Gasteiger partial charge in [-0.05, 0) is 6.92 Å². The molecular weight excluding hydrogens is 306 g/mol. The van der Waals surface area contributed by atoms with Gasteiger partial charge in [-0.1, -0.05) is 17.8 Å². The molecule has 0 unspecified atom stereocenters. The van der Waals surface area contributed by atoms with Crippen LogP contribution < -0.4 is 5.56 Å². The standard InChI is InChI=1S/C13H13N5OS2/c1-3-4-17-9(2)15-16-13(17)21-8-10-7-11(19)18-5-6-20-12(18)14-10/h3,5-7H,1,4,8H2,2H3. The van der Waals surface area contributed by atoms with Gasteiger partial charge in [-0.15, -0.1) is 28.1 Å². The molecule has 0 aliphatic rings. The predicted molar refractivity (Wildman–Crippen MR) is 83.9 cm³/mol. The summed E-state index contributed by atoms with van der Waals surface area (Å²) < 4.78 is 3.53. The molecule has 0 fully saturated rings. The largest absolute Gasteiger partial charge is 0.302 e. The molecule has 0 saturated heterocycles. The van der Waals surface area contributed by atoms with E-state index in [4.69, 9.17) is 0 Å². The van der Waals surface area contributed by atoms with Crippen LogP contribution in [-0.2, 0) is 12.3 Å². The molecule has 0 spiro atoms. The third kappa shape index (κ3) is 2.77. The van der Waals surface area contributed by atoms with Crippen LogP contribution in [0.5, 0.6) is 0 Å². The van der Waals surface area contributed by atoms with E-state index in [1.165, 1.54) is 23.1 Å². The first-order valence-corrected chi connectivity index (χ1v) is 8.15. The molecule has 21 heavy (non-hydrogen) atoms. The van der Waals surface area contributed by atoms with Crippen LogP contribution in [0, 0.1) is 6.92 Å². The molecule has 3 aromatic heterocycles. The molecule has 0 N–H and O–H groups in total. The number of thioether (sulfide) groups is 1. The number of aromatic nitrogens is 5. The third-order valence-corrected chi connectivity index (χ3v) is 4.68. The van der Waals surface area contributed by atoms with Gasteiger partial charge in [-0.2, -0.15) is 0 Å². The lowest BCUT2D eigenvalue weighted by atomic mass is 10.4. The Hall–Kier alpha value is -1.93. The lowest BCUT2D eigenvalue weighted by Gasteiger charge is -2.05. The van der Waals surface area contributed by atoms with Gasteiger partial charge in [0.15, 0.2) is 10.1 Å². The fourth-order valence-electron chi connectivity index (χ4n) is 1.91. The molecular formula is C13H13N5OS2. The highest BCUT2D eigenvalue weighted by molar-refractivity contribution is 7.98. The van der Waals surface area contributed by atoms with E-state index in [0.717, 1.165) is 16.7 Å². The third-order valence-electron chi connectivity index (χ3n) is 2.92. The van der Waals surface area contributed by atoms with Crippen molar-refractivity contribution in [2.45, 2.75) is 24.4 Å². The summed E-state index contributed by atoms with van der Waals surface area (Å²) >= 11 is 2.97. The maximum absolute atomic E-state index is 11.9. The van der Waals surface area contributed by atoms with Gasteiger partial charge in [0.25, 0.3) is 5.56 Å². The van der Waals surface area contributed by atoms with E-state index in [1.54, 1.807) is 16.7 Å². The van der Waals surface area contributed by atoms with Crippen molar-refractivity contribution in [3.63, 3.8) is 0 Å². The van der Waals surface area contributed by atoms with Crippen molar-refractivity contribution in [1.82, 2.24) is 24.1 Å². The maximum atomic E-state index is 11.9. The van der Waals surface area contributed by atoms with Crippen LogP contribution in [0.25, 0.3) is 4.96 Å². The Bertz CT molecular complexity index is 848. The number of hydrogen-bond donors (Lipinski definition) is 0. The Morgan fingerprint density at radius 3 is 3.14 bits per heavy atom. The van der Waals surface area contributed by atoms with Crippen LogP contribution in [0.15, 0.2) is 40.2 Å². The minimum absolute atomic E-state index is 0.0550. The highest BCUT2D eigenvalue weighted by Gasteiger charge is 2.10. The molecule has 3 aromatic rings. The maximum Gasteiger partial charge on any atom is 0.258 e. The molecule has 3 heterocycles. The van der Waals surface area contributed by atoms with Crippen molar-refractivity contribution in [3.05, 3.63) is 52.2 Å². The molecule has 108 valence electrons. The van der Waals surface area contributed by atoms with Gasteiger partial charge in [0.1, 0.15) is 5.82 Å². The van der Waals surface area contributed by atoms with Gasteiger partial charge in [-0.25, -0.2) is 4.98 Å². The summed E-state index contributed by atoms with van der Waals surface area (Å²) in [5, 5.41) is 10.9. The van der Waals surface area contributed by atoms with E-state index in [1.807, 2.05) is 22.9 Å². The van der Waals surface area contributed by atoms with Crippen molar-refractivity contribution in [1.29, 1.82) is 0 Å². The number of allylic oxidation sites excluding steroid dienone is 1. The van der Waals surface area contributed by atoms with Crippen molar-refractivity contribution < 1.29 is 0 Å². The molecule has 6 nitrogen and oxygen atoms in total. The van der Waals surface area contributed by atoms with Gasteiger partial charge in [0, 0.05) is 29.9 Å². The predicted octanol–water partition coefficient (Wildman–Crippen LogP) is 2.13. The summed E-state index contributed by atoms with van der Waals surface area (Å²) in [5.41, 5.74) is 0.693. The number of nitrogens with zero attached hydrogens (tertiary/aromatic N) is 5. The summed E-state index contributed by atoms with van der Waals surface area (Å²) in [5.74, 6) is 1.43. The van der Waals surface area contributed by atoms with Crippen LogP contribution >= 0.6 is 23.1 Å². The van der Waals surface area contributed by atoms with E-state index in [2.05, 4.69) is 21.8 Å². The Morgan fingerprint density at radius 2 is 2.33 bits per heavy atom. The fourth-order valence-corrected chi connectivity index (χ4v) is 3.53. The second-order valence-corrected chi connectivity index (χ2v) is 6.17. The SMILES string of the molecule is C=CCn1c(C)nnc1SCc1cc(=O)n2ccsc2n1. The van der Waals surface area contributed by atoms with E-state index in [-0.39, 0.29) is 5.56 Å². The molecule has 0 bridgehead atoms. The summed E-state index contributed by atoms with van der Waals surface area (Å²) in [4.78, 5) is 17.1. The first-order valence-electron chi connectivity index (χ1n) is 6.28. The smallest absolute Gasteiger partial charge is 0.258 e. The molecule has 0 amide bonds. The molecule has 0 atom stereocenters. The molecule has 8 heteroatoms. The zero-order chi connectivity index (χ0) is 14.8. The minimum atomic E-state index is -0.0550. The monoisotopic (exact) mass is 319 g/mol. The Labute approximate surface area is 129 Å². The molecule has 0 aromatic carbocycles. The van der Waals surface area contributed by atoms with Crippen LogP contribution in [-0.4, -0.2) is 24.1 Å². The summed E-state index contributed by atoms with van der Waals surface area (Å²) in [7, 11) is 0. The second-order valence-electron chi connectivity index (χ2n) is 4.36. The zero-order valence-corrected chi connectivity index (χ0v) is 13.0. The molecule has 0 radical (unpaired) electrons. The Kier molecular flexibility index (Phi) is 3.89. The second kappa shape index (κ2) is 5.82. The van der Waals surface area contributed by atoms with Crippen LogP contribution in [0.1, 0.15) is 11.5 Å². The normalized spacial score (nSPS) is 11.1. The van der Waals surface area contributed by atoms with Gasteiger partial charge in [0.2, 0.25) is 0 Å².